The first-order chi connectivity index (χ1) is 10.4. The fraction of sp³-hybridized carbons (Fsp3) is 0.889. The Bertz CT molecular complexity index is 354. The van der Waals surface area contributed by atoms with Gasteiger partial charge in [-0.15, -0.1) is 0 Å². The van der Waals surface area contributed by atoms with E-state index in [0.717, 1.165) is 32.8 Å². The predicted molar refractivity (Wildman–Crippen MR) is 87.6 cm³/mol. The van der Waals surface area contributed by atoms with Gasteiger partial charge in [0.05, 0.1) is 13.2 Å². The van der Waals surface area contributed by atoms with Crippen molar-refractivity contribution in [3.8, 4) is 0 Å². The third kappa shape index (κ3) is 3.20. The number of ether oxygens (including phenoxy) is 1. The Morgan fingerprint density at radius 1 is 1.19 bits per heavy atom. The molecule has 1 aliphatic heterocycles. The van der Waals surface area contributed by atoms with E-state index in [1.54, 1.807) is 5.57 Å². The molecular weight excluding hydrogens is 260 g/mol. The van der Waals surface area contributed by atoms with Gasteiger partial charge in [-0.25, -0.2) is 0 Å². The molecule has 1 saturated heterocycles. The number of allylic oxidation sites excluding steroid dienone is 1. The van der Waals surface area contributed by atoms with Gasteiger partial charge >= 0.3 is 0 Å². The molecule has 1 heterocycles. The zero-order chi connectivity index (χ0) is 14.5. The van der Waals surface area contributed by atoms with Crippen LogP contribution < -0.4 is 5.32 Å². The van der Waals surface area contributed by atoms with Gasteiger partial charge in [0.15, 0.2) is 0 Å². The highest BCUT2D eigenvalue weighted by Gasteiger charge is 2.47. The summed E-state index contributed by atoms with van der Waals surface area (Å²) < 4.78 is 5.61. The minimum absolute atomic E-state index is 0.364. The lowest BCUT2D eigenvalue weighted by Gasteiger charge is -2.49. The predicted octanol–water partition coefficient (Wildman–Crippen LogP) is 3.11. The number of likely N-dealkylation sites (N-methyl/N-ethyl adjacent to an activating group) is 1. The minimum atomic E-state index is 0.364. The van der Waals surface area contributed by atoms with E-state index in [-0.39, 0.29) is 0 Å². The second-order valence-corrected chi connectivity index (χ2v) is 6.93. The van der Waals surface area contributed by atoms with Gasteiger partial charge in [0.2, 0.25) is 0 Å². The Kier molecular flexibility index (Phi) is 5.36. The molecule has 2 aliphatic carbocycles. The van der Waals surface area contributed by atoms with E-state index in [0.29, 0.717) is 11.6 Å². The molecule has 2 fully saturated rings. The van der Waals surface area contributed by atoms with E-state index >= 15 is 0 Å². The Hall–Kier alpha value is -0.380. The molecule has 0 aromatic rings. The topological polar surface area (TPSA) is 24.5 Å². The largest absolute Gasteiger partial charge is 0.379 e. The molecular formula is C18H32N2O. The highest BCUT2D eigenvalue weighted by Crippen LogP contribution is 2.42. The molecule has 21 heavy (non-hydrogen) atoms. The molecule has 120 valence electrons. The lowest BCUT2D eigenvalue weighted by Crippen LogP contribution is -2.63. The second-order valence-electron chi connectivity index (χ2n) is 6.93. The Morgan fingerprint density at radius 3 is 2.57 bits per heavy atom. The van der Waals surface area contributed by atoms with Crippen LogP contribution in [0.2, 0.25) is 0 Å². The summed E-state index contributed by atoms with van der Waals surface area (Å²) in [5.74, 6) is 0. The van der Waals surface area contributed by atoms with Crippen LogP contribution in [-0.4, -0.2) is 49.3 Å². The van der Waals surface area contributed by atoms with Gasteiger partial charge in [0.25, 0.3) is 0 Å². The van der Waals surface area contributed by atoms with E-state index < -0.39 is 0 Å². The van der Waals surface area contributed by atoms with E-state index in [9.17, 15) is 0 Å². The van der Waals surface area contributed by atoms with Crippen LogP contribution in [0.4, 0.5) is 0 Å². The molecule has 1 unspecified atom stereocenters. The van der Waals surface area contributed by atoms with Gasteiger partial charge in [-0.05, 0) is 45.1 Å². The van der Waals surface area contributed by atoms with Gasteiger partial charge in [0.1, 0.15) is 0 Å². The Morgan fingerprint density at radius 2 is 1.95 bits per heavy atom. The van der Waals surface area contributed by atoms with Crippen LogP contribution in [0, 0.1) is 0 Å². The van der Waals surface area contributed by atoms with Crippen LogP contribution in [0.3, 0.4) is 0 Å². The number of nitrogens with zero attached hydrogens (tertiary/aromatic N) is 1. The average molecular weight is 292 g/mol. The number of morpholine rings is 1. The van der Waals surface area contributed by atoms with Crippen LogP contribution in [-0.2, 0) is 4.74 Å². The zero-order valence-corrected chi connectivity index (χ0v) is 13.7. The lowest BCUT2D eigenvalue weighted by molar-refractivity contribution is -0.0312. The fourth-order valence-corrected chi connectivity index (χ4v) is 4.78. The molecule has 0 aromatic heterocycles. The maximum Gasteiger partial charge on any atom is 0.0594 e. The third-order valence-corrected chi connectivity index (χ3v) is 5.75. The molecule has 0 radical (unpaired) electrons. The third-order valence-electron chi connectivity index (χ3n) is 5.75. The minimum Gasteiger partial charge on any atom is -0.379 e. The summed E-state index contributed by atoms with van der Waals surface area (Å²) in [6, 6.07) is 0.573. The summed E-state index contributed by atoms with van der Waals surface area (Å²) in [5, 5.41) is 3.88. The zero-order valence-electron chi connectivity index (χ0n) is 13.7. The summed E-state index contributed by atoms with van der Waals surface area (Å²) in [7, 11) is 0. The quantitative estimate of drug-likeness (QED) is 0.788. The van der Waals surface area contributed by atoms with Crippen molar-refractivity contribution < 1.29 is 4.74 Å². The Balaban J connectivity index is 1.86. The van der Waals surface area contributed by atoms with Gasteiger partial charge in [-0.2, -0.15) is 0 Å². The van der Waals surface area contributed by atoms with Crippen molar-refractivity contribution in [1.29, 1.82) is 0 Å². The van der Waals surface area contributed by atoms with Crippen LogP contribution in [0.1, 0.15) is 58.3 Å². The molecule has 1 N–H and O–H groups in total. The smallest absolute Gasteiger partial charge is 0.0594 e. The molecule has 0 spiro atoms. The van der Waals surface area contributed by atoms with Crippen molar-refractivity contribution in [2.75, 3.05) is 32.8 Å². The van der Waals surface area contributed by atoms with Gasteiger partial charge < -0.3 is 10.1 Å². The summed E-state index contributed by atoms with van der Waals surface area (Å²) in [6.07, 6.45) is 13.4. The number of hydrogen-bond donors (Lipinski definition) is 1. The first-order valence-corrected chi connectivity index (χ1v) is 9.12. The number of nitrogens with one attached hydrogen (secondary N) is 1. The van der Waals surface area contributed by atoms with Gasteiger partial charge in [-0.3, -0.25) is 4.90 Å². The number of rotatable bonds is 5. The van der Waals surface area contributed by atoms with Crippen molar-refractivity contribution in [2.45, 2.75) is 69.9 Å². The van der Waals surface area contributed by atoms with E-state index in [1.807, 2.05) is 0 Å². The van der Waals surface area contributed by atoms with Crippen molar-refractivity contribution >= 4 is 0 Å². The standard InChI is InChI=1S/C18H32N2O/c1-2-19-17(16-8-4-3-5-9-16)18(10-6-7-11-18)20-12-14-21-15-13-20/h8,17,19H,2-7,9-15H2,1H3. The van der Waals surface area contributed by atoms with Gasteiger partial charge in [0, 0.05) is 24.7 Å². The lowest BCUT2D eigenvalue weighted by atomic mass is 9.78. The molecule has 1 saturated carbocycles. The van der Waals surface area contributed by atoms with Crippen molar-refractivity contribution in [3.05, 3.63) is 11.6 Å². The van der Waals surface area contributed by atoms with Crippen LogP contribution >= 0.6 is 0 Å². The number of hydrogen-bond acceptors (Lipinski definition) is 3. The first kappa shape index (κ1) is 15.5. The first-order valence-electron chi connectivity index (χ1n) is 9.12. The van der Waals surface area contributed by atoms with Crippen LogP contribution in [0.25, 0.3) is 0 Å². The van der Waals surface area contributed by atoms with E-state index in [2.05, 4.69) is 23.2 Å². The summed E-state index contributed by atoms with van der Waals surface area (Å²) in [4.78, 5) is 2.77. The maximum absolute atomic E-state index is 5.61. The molecule has 1 atom stereocenters. The van der Waals surface area contributed by atoms with Crippen LogP contribution in [0.5, 0.6) is 0 Å². The van der Waals surface area contributed by atoms with Crippen molar-refractivity contribution in [2.24, 2.45) is 0 Å². The second kappa shape index (κ2) is 7.26. The van der Waals surface area contributed by atoms with E-state index in [1.165, 1.54) is 51.4 Å². The van der Waals surface area contributed by atoms with Crippen LogP contribution in [0.15, 0.2) is 11.6 Å². The van der Waals surface area contributed by atoms with Crippen molar-refractivity contribution in [3.63, 3.8) is 0 Å². The monoisotopic (exact) mass is 292 g/mol. The maximum atomic E-state index is 5.61. The highest BCUT2D eigenvalue weighted by atomic mass is 16.5. The van der Waals surface area contributed by atoms with E-state index in [4.69, 9.17) is 4.74 Å². The Labute approximate surface area is 130 Å². The molecule has 3 nitrogen and oxygen atoms in total. The molecule has 3 aliphatic rings. The van der Waals surface area contributed by atoms with Gasteiger partial charge in [-0.1, -0.05) is 31.4 Å². The summed E-state index contributed by atoms with van der Waals surface area (Å²) in [5.41, 5.74) is 2.07. The summed E-state index contributed by atoms with van der Waals surface area (Å²) >= 11 is 0. The van der Waals surface area contributed by atoms with Crippen molar-refractivity contribution in [1.82, 2.24) is 10.2 Å². The molecule has 3 rings (SSSR count). The molecule has 0 aromatic carbocycles. The normalized spacial score (nSPS) is 28.3. The molecule has 0 amide bonds. The summed E-state index contributed by atoms with van der Waals surface area (Å²) in [6.45, 7) is 7.41. The SMILES string of the molecule is CCNC(C1=CCCCC1)C1(N2CCOCC2)CCCC1. The average Bonchev–Trinajstić information content (AvgIpc) is 3.05. The highest BCUT2D eigenvalue weighted by molar-refractivity contribution is 5.23. The molecule has 3 heteroatoms. The molecule has 0 bridgehead atoms. The fourth-order valence-electron chi connectivity index (χ4n) is 4.78.